The lowest BCUT2D eigenvalue weighted by atomic mass is 10.1. The zero-order valence-corrected chi connectivity index (χ0v) is 11.2. The van der Waals surface area contributed by atoms with Crippen LogP contribution in [0, 0.1) is 0 Å². The largest absolute Gasteiger partial charge is 0.346 e. The van der Waals surface area contributed by atoms with Gasteiger partial charge >= 0.3 is 0 Å². The highest BCUT2D eigenvalue weighted by Gasteiger charge is 2.18. The van der Waals surface area contributed by atoms with E-state index in [0.717, 1.165) is 4.47 Å². The topological polar surface area (TPSA) is 63.2 Å². The highest BCUT2D eigenvalue weighted by Crippen LogP contribution is 2.12. The van der Waals surface area contributed by atoms with Crippen molar-refractivity contribution in [3.8, 4) is 0 Å². The molecular formula is C13H12BrNO3. The van der Waals surface area contributed by atoms with Crippen molar-refractivity contribution < 1.29 is 14.4 Å². The lowest BCUT2D eigenvalue weighted by Crippen LogP contribution is -2.32. The van der Waals surface area contributed by atoms with Gasteiger partial charge in [-0.05, 0) is 12.1 Å². The fraction of sp³-hybridized carbons (Fsp3) is 0.154. The van der Waals surface area contributed by atoms with Crippen LogP contribution in [0.3, 0.4) is 0 Å². The van der Waals surface area contributed by atoms with Crippen molar-refractivity contribution in [3.05, 3.63) is 47.0 Å². The highest BCUT2D eigenvalue weighted by atomic mass is 79.9. The van der Waals surface area contributed by atoms with Gasteiger partial charge < -0.3 is 5.32 Å². The number of nitrogens with one attached hydrogen (secondary N) is 1. The van der Waals surface area contributed by atoms with E-state index in [1.807, 2.05) is 0 Å². The molecule has 0 aliphatic carbocycles. The number of carbonyl (C=O) groups excluding carboxylic acids is 3. The molecule has 0 saturated heterocycles. The van der Waals surface area contributed by atoms with E-state index in [1.165, 1.54) is 6.08 Å². The van der Waals surface area contributed by atoms with E-state index in [-0.39, 0.29) is 12.3 Å². The molecule has 1 rings (SSSR count). The lowest BCUT2D eigenvalue weighted by molar-refractivity contribution is -0.137. The Morgan fingerprint density at radius 1 is 1.22 bits per heavy atom. The maximum atomic E-state index is 11.7. The molecule has 94 valence electrons. The predicted octanol–water partition coefficient (Wildman–Crippen LogP) is 1.89. The SMILES string of the molecule is C=CCNC(=O)C(=O)CC(=O)c1ccc(Br)cc1. The first-order valence-corrected chi connectivity index (χ1v) is 6.04. The standard InChI is InChI=1S/C13H12BrNO3/c1-2-7-15-13(18)12(17)8-11(16)9-3-5-10(14)6-4-9/h2-6H,1,7-8H2,(H,15,18). The molecule has 0 aromatic heterocycles. The molecule has 0 spiro atoms. The van der Waals surface area contributed by atoms with Crippen molar-refractivity contribution in [1.82, 2.24) is 5.32 Å². The first-order chi connectivity index (χ1) is 8.54. The van der Waals surface area contributed by atoms with Crippen LogP contribution in [0.2, 0.25) is 0 Å². The quantitative estimate of drug-likeness (QED) is 0.378. The Hall–Kier alpha value is -1.75. The van der Waals surface area contributed by atoms with Crippen LogP contribution in [0.4, 0.5) is 0 Å². The van der Waals surface area contributed by atoms with Crippen LogP contribution < -0.4 is 5.32 Å². The Morgan fingerprint density at radius 3 is 2.39 bits per heavy atom. The summed E-state index contributed by atoms with van der Waals surface area (Å²) in [6.07, 6.45) is 1.03. The summed E-state index contributed by atoms with van der Waals surface area (Å²) < 4.78 is 0.842. The molecule has 4 nitrogen and oxygen atoms in total. The minimum absolute atomic E-state index is 0.205. The van der Waals surface area contributed by atoms with Gasteiger partial charge in [-0.15, -0.1) is 6.58 Å². The van der Waals surface area contributed by atoms with Crippen molar-refractivity contribution in [3.63, 3.8) is 0 Å². The summed E-state index contributed by atoms with van der Waals surface area (Å²) >= 11 is 3.25. The average molecular weight is 310 g/mol. The molecule has 0 aliphatic rings. The molecule has 18 heavy (non-hydrogen) atoms. The molecule has 0 unspecified atom stereocenters. The second-order valence-electron chi connectivity index (χ2n) is 3.53. The number of carbonyl (C=O) groups is 3. The summed E-state index contributed by atoms with van der Waals surface area (Å²) in [6.45, 7) is 3.62. The summed E-state index contributed by atoms with van der Waals surface area (Å²) in [5.41, 5.74) is 0.406. The van der Waals surface area contributed by atoms with Crippen molar-refractivity contribution in [2.24, 2.45) is 0 Å². The molecule has 1 aromatic rings. The van der Waals surface area contributed by atoms with E-state index >= 15 is 0 Å². The van der Waals surface area contributed by atoms with Gasteiger partial charge in [0.15, 0.2) is 5.78 Å². The molecule has 1 aromatic carbocycles. The molecule has 0 fully saturated rings. The smallest absolute Gasteiger partial charge is 0.288 e. The van der Waals surface area contributed by atoms with E-state index in [1.54, 1.807) is 24.3 Å². The molecule has 1 amide bonds. The Balaban J connectivity index is 2.59. The van der Waals surface area contributed by atoms with Crippen molar-refractivity contribution in [1.29, 1.82) is 0 Å². The van der Waals surface area contributed by atoms with Crippen LogP contribution in [0.15, 0.2) is 41.4 Å². The molecule has 5 heteroatoms. The fourth-order valence-electron chi connectivity index (χ4n) is 1.23. The second kappa shape index (κ2) is 6.86. The maximum Gasteiger partial charge on any atom is 0.288 e. The third-order valence-electron chi connectivity index (χ3n) is 2.15. The monoisotopic (exact) mass is 309 g/mol. The molecule has 0 bridgehead atoms. The number of Topliss-reactive ketones (excluding diaryl/α,β-unsaturated/α-hetero) is 2. The number of hydrogen-bond donors (Lipinski definition) is 1. The third kappa shape index (κ3) is 4.25. The van der Waals surface area contributed by atoms with E-state index in [0.29, 0.717) is 5.56 Å². The van der Waals surface area contributed by atoms with Gasteiger partial charge in [0.05, 0.1) is 6.42 Å². The van der Waals surface area contributed by atoms with Gasteiger partial charge in [-0.1, -0.05) is 34.1 Å². The first kappa shape index (κ1) is 14.3. The second-order valence-corrected chi connectivity index (χ2v) is 4.44. The van der Waals surface area contributed by atoms with E-state index in [9.17, 15) is 14.4 Å². The number of ketones is 2. The molecule has 0 saturated carbocycles. The number of hydrogen-bond acceptors (Lipinski definition) is 3. The zero-order valence-electron chi connectivity index (χ0n) is 9.61. The zero-order chi connectivity index (χ0) is 13.5. The maximum absolute atomic E-state index is 11.7. The summed E-state index contributed by atoms with van der Waals surface area (Å²) in [5, 5.41) is 2.33. The number of rotatable bonds is 6. The van der Waals surface area contributed by atoms with Crippen LogP contribution in [0.5, 0.6) is 0 Å². The minimum Gasteiger partial charge on any atom is -0.346 e. The number of benzene rings is 1. The van der Waals surface area contributed by atoms with Crippen LogP contribution >= 0.6 is 15.9 Å². The van der Waals surface area contributed by atoms with Gasteiger partial charge in [-0.25, -0.2) is 0 Å². The molecular weight excluding hydrogens is 298 g/mol. The summed E-state index contributed by atoms with van der Waals surface area (Å²) in [5.74, 6) is -1.88. The summed E-state index contributed by atoms with van der Waals surface area (Å²) in [6, 6.07) is 6.60. The summed E-state index contributed by atoms with van der Waals surface area (Å²) in [7, 11) is 0. The van der Waals surface area contributed by atoms with Gasteiger partial charge in [-0.2, -0.15) is 0 Å². The van der Waals surface area contributed by atoms with Gasteiger partial charge in [0.1, 0.15) is 0 Å². The first-order valence-electron chi connectivity index (χ1n) is 5.25. The highest BCUT2D eigenvalue weighted by molar-refractivity contribution is 9.10. The van der Waals surface area contributed by atoms with Crippen LogP contribution in [0.25, 0.3) is 0 Å². The molecule has 0 radical (unpaired) electrons. The Kier molecular flexibility index (Phi) is 5.45. The van der Waals surface area contributed by atoms with Gasteiger partial charge in [0.2, 0.25) is 5.78 Å². The predicted molar refractivity (Wildman–Crippen MR) is 71.3 cm³/mol. The van der Waals surface area contributed by atoms with Gasteiger partial charge in [0.25, 0.3) is 5.91 Å². The van der Waals surface area contributed by atoms with Crippen molar-refractivity contribution in [2.45, 2.75) is 6.42 Å². The fourth-order valence-corrected chi connectivity index (χ4v) is 1.49. The van der Waals surface area contributed by atoms with E-state index in [2.05, 4.69) is 27.8 Å². The molecule has 0 atom stereocenters. The van der Waals surface area contributed by atoms with Crippen molar-refractivity contribution in [2.75, 3.05) is 6.54 Å². The molecule has 0 heterocycles. The van der Waals surface area contributed by atoms with Gasteiger partial charge in [-0.3, -0.25) is 14.4 Å². The Labute approximate surface area is 113 Å². The Morgan fingerprint density at radius 2 is 1.83 bits per heavy atom. The number of halogens is 1. The third-order valence-corrected chi connectivity index (χ3v) is 2.68. The summed E-state index contributed by atoms with van der Waals surface area (Å²) in [4.78, 5) is 34.4. The lowest BCUT2D eigenvalue weighted by Gasteiger charge is -2.02. The average Bonchev–Trinajstić information content (AvgIpc) is 2.36. The van der Waals surface area contributed by atoms with Crippen LogP contribution in [0.1, 0.15) is 16.8 Å². The van der Waals surface area contributed by atoms with E-state index in [4.69, 9.17) is 0 Å². The van der Waals surface area contributed by atoms with Crippen molar-refractivity contribution >= 4 is 33.4 Å². The van der Waals surface area contributed by atoms with Crippen LogP contribution in [-0.2, 0) is 9.59 Å². The Bertz CT molecular complexity index is 480. The van der Waals surface area contributed by atoms with Gasteiger partial charge in [0, 0.05) is 16.6 Å². The molecule has 1 N–H and O–H groups in total. The van der Waals surface area contributed by atoms with E-state index < -0.39 is 18.1 Å². The molecule has 0 aliphatic heterocycles. The normalized spacial score (nSPS) is 9.61. The number of amides is 1. The van der Waals surface area contributed by atoms with Crippen LogP contribution in [-0.4, -0.2) is 24.0 Å². The minimum atomic E-state index is -0.764.